The molecule has 0 atom stereocenters. The summed E-state index contributed by atoms with van der Waals surface area (Å²) in [5, 5.41) is 31.3. The molecule has 292 valence electrons. The van der Waals surface area contributed by atoms with Gasteiger partial charge in [-0.2, -0.15) is 10.5 Å². The molecule has 0 bridgehead atoms. The minimum absolute atomic E-state index is 0.463. The highest BCUT2D eigenvalue weighted by atomic mass is 15.0. The van der Waals surface area contributed by atoms with E-state index in [4.69, 9.17) is 0 Å². The first kappa shape index (κ1) is 35.0. The molecule has 0 saturated carbocycles. The Kier molecular flexibility index (Phi) is 7.26. The quantitative estimate of drug-likeness (QED) is 0.178. The smallest absolute Gasteiger partial charge is 0.104 e. The molecule has 0 unspecified atom stereocenters. The van der Waals surface area contributed by atoms with Crippen LogP contribution in [0.1, 0.15) is 16.7 Å². The first-order valence-corrected chi connectivity index (χ1v) is 21.1. The van der Waals surface area contributed by atoms with Crippen LogP contribution in [0.25, 0.3) is 110 Å². The maximum Gasteiger partial charge on any atom is 0.104 e. The molecule has 0 aliphatic rings. The fourth-order valence-corrected chi connectivity index (χ4v) is 10.6. The minimum Gasteiger partial charge on any atom is -0.309 e. The van der Waals surface area contributed by atoms with Crippen molar-refractivity contribution in [2.24, 2.45) is 0 Å². The highest BCUT2D eigenvalue weighted by Crippen LogP contribution is 2.45. The molecule has 0 aliphatic heterocycles. The zero-order valence-corrected chi connectivity index (χ0v) is 34.1. The number of aromatic nitrogens is 4. The molecule has 4 heterocycles. The predicted octanol–water partition coefficient (Wildman–Crippen LogP) is 14.1. The summed E-state index contributed by atoms with van der Waals surface area (Å²) in [7, 11) is 0. The lowest BCUT2D eigenvalue weighted by molar-refractivity contribution is 1.11. The van der Waals surface area contributed by atoms with Crippen molar-refractivity contribution in [2.45, 2.75) is 6.92 Å². The molecule has 13 rings (SSSR count). The van der Waals surface area contributed by atoms with Gasteiger partial charge in [0.2, 0.25) is 0 Å². The fourth-order valence-electron chi connectivity index (χ4n) is 10.6. The van der Waals surface area contributed by atoms with E-state index >= 15 is 0 Å². The molecule has 0 saturated heterocycles. The number of benzene rings is 9. The van der Waals surface area contributed by atoms with Crippen molar-refractivity contribution in [2.75, 3.05) is 0 Å². The molecule has 6 heteroatoms. The molecule has 0 N–H and O–H groups in total. The van der Waals surface area contributed by atoms with Gasteiger partial charge in [-0.05, 0) is 85.3 Å². The van der Waals surface area contributed by atoms with Crippen LogP contribution < -0.4 is 0 Å². The minimum atomic E-state index is 0.463. The van der Waals surface area contributed by atoms with Crippen LogP contribution in [0.15, 0.2) is 188 Å². The van der Waals surface area contributed by atoms with Gasteiger partial charge in [-0.3, -0.25) is 0 Å². The van der Waals surface area contributed by atoms with Gasteiger partial charge in [0.25, 0.3) is 0 Å². The van der Waals surface area contributed by atoms with Gasteiger partial charge in [-0.15, -0.1) is 0 Å². The molecule has 9 aromatic carbocycles. The van der Waals surface area contributed by atoms with Crippen molar-refractivity contribution in [1.82, 2.24) is 18.3 Å². The number of nitrogens with zero attached hydrogens (tertiary/aromatic N) is 6. The van der Waals surface area contributed by atoms with Crippen LogP contribution in [0.2, 0.25) is 0 Å². The van der Waals surface area contributed by atoms with E-state index in [0.29, 0.717) is 22.5 Å². The number of hydrogen-bond acceptors (Lipinski definition) is 2. The zero-order chi connectivity index (χ0) is 41.9. The maximum absolute atomic E-state index is 11.5. The molecule has 0 fully saturated rings. The van der Waals surface area contributed by atoms with E-state index in [1.807, 2.05) is 24.3 Å². The van der Waals surface area contributed by atoms with E-state index in [0.717, 1.165) is 87.8 Å². The van der Waals surface area contributed by atoms with Gasteiger partial charge in [0.1, 0.15) is 11.6 Å². The van der Waals surface area contributed by atoms with Crippen LogP contribution in [-0.2, 0) is 0 Å². The maximum atomic E-state index is 11.5. The van der Waals surface area contributed by atoms with Gasteiger partial charge in [0.05, 0.1) is 67.1 Å². The molecule has 13 aromatic rings. The van der Waals surface area contributed by atoms with E-state index < -0.39 is 0 Å². The van der Waals surface area contributed by atoms with E-state index in [2.05, 4.69) is 201 Å². The Hall–Kier alpha value is -8.84. The number of nitriles is 2. The first-order valence-electron chi connectivity index (χ1n) is 21.1. The fraction of sp³-hybridized carbons (Fsp3) is 0.0175. The molecule has 63 heavy (non-hydrogen) atoms. The summed E-state index contributed by atoms with van der Waals surface area (Å²) in [6.45, 7) is 2.13. The SMILES string of the molecule is Cc1cccc(-n2c3ccccc3c3ccc4c(c5ccccc5n4-c4cc(C#N)cc(-n5c6ccccc6c6c5ccc5c7ccccc7n(-c7ccccc7)c56)c4C#N)c32)c1. The average molecular weight is 803 g/mol. The van der Waals surface area contributed by atoms with Gasteiger partial charge < -0.3 is 18.3 Å². The predicted molar refractivity (Wildman–Crippen MR) is 258 cm³/mol. The second-order valence-electron chi connectivity index (χ2n) is 16.4. The molecule has 6 nitrogen and oxygen atoms in total. The lowest BCUT2D eigenvalue weighted by Gasteiger charge is -2.17. The average Bonchev–Trinajstić information content (AvgIpc) is 4.06. The third kappa shape index (κ3) is 4.75. The summed E-state index contributed by atoms with van der Waals surface area (Å²) in [6, 6.07) is 70.9. The van der Waals surface area contributed by atoms with Crippen molar-refractivity contribution >= 4 is 87.2 Å². The van der Waals surface area contributed by atoms with Crippen LogP contribution in [0.3, 0.4) is 0 Å². The van der Waals surface area contributed by atoms with E-state index in [9.17, 15) is 10.5 Å². The van der Waals surface area contributed by atoms with Crippen LogP contribution >= 0.6 is 0 Å². The lowest BCUT2D eigenvalue weighted by atomic mass is 10.1. The number of rotatable bonds is 4. The summed E-state index contributed by atoms with van der Waals surface area (Å²) in [5.41, 5.74) is 13.8. The summed E-state index contributed by atoms with van der Waals surface area (Å²) in [4.78, 5) is 0. The molecular weight excluding hydrogens is 769 g/mol. The molecule has 0 spiro atoms. The molecule has 0 aliphatic carbocycles. The van der Waals surface area contributed by atoms with E-state index in [1.54, 1.807) is 0 Å². The largest absolute Gasteiger partial charge is 0.309 e. The first-order chi connectivity index (χ1) is 31.1. The summed E-state index contributed by atoms with van der Waals surface area (Å²) >= 11 is 0. The highest BCUT2D eigenvalue weighted by Gasteiger charge is 2.26. The molecule has 0 amide bonds. The van der Waals surface area contributed by atoms with Crippen molar-refractivity contribution in [3.63, 3.8) is 0 Å². The van der Waals surface area contributed by atoms with E-state index in [1.165, 1.54) is 16.3 Å². The Bertz CT molecular complexity index is 4180. The summed E-state index contributed by atoms with van der Waals surface area (Å²) < 4.78 is 9.14. The zero-order valence-electron chi connectivity index (χ0n) is 34.1. The van der Waals surface area contributed by atoms with E-state index in [-0.39, 0.29) is 0 Å². The van der Waals surface area contributed by atoms with Crippen LogP contribution in [0.4, 0.5) is 0 Å². The lowest BCUT2D eigenvalue weighted by Crippen LogP contribution is -2.05. The van der Waals surface area contributed by atoms with Crippen molar-refractivity contribution in [1.29, 1.82) is 10.5 Å². The highest BCUT2D eigenvalue weighted by molar-refractivity contribution is 6.27. The Labute approximate surface area is 361 Å². The Morgan fingerprint density at radius 1 is 0.349 bits per heavy atom. The Morgan fingerprint density at radius 2 is 0.794 bits per heavy atom. The van der Waals surface area contributed by atoms with Crippen molar-refractivity contribution < 1.29 is 0 Å². The third-order valence-corrected chi connectivity index (χ3v) is 13.0. The second kappa shape index (κ2) is 13.1. The van der Waals surface area contributed by atoms with Crippen LogP contribution in [0, 0.1) is 29.6 Å². The number of aryl methyl sites for hydroxylation is 1. The number of fused-ring (bicyclic) bond motifs is 14. The van der Waals surface area contributed by atoms with Crippen LogP contribution in [0.5, 0.6) is 0 Å². The molecular formula is C57H34N6. The standard InChI is InChI=1S/C57H34N6/c1-35-14-13-17-38(30-35)61-47-23-10-6-19-40(47)42-27-29-51-55(57(42)61)44-21-8-12-25-49(44)63(51)53-32-36(33-58)31-52(45(53)34-59)62-48-24-11-7-20-43(48)54-50(62)28-26-41-39-18-5-9-22-46(39)60(56(41)54)37-15-3-2-4-16-37/h2-32H,1H3. The Morgan fingerprint density at radius 3 is 1.29 bits per heavy atom. The summed E-state index contributed by atoms with van der Waals surface area (Å²) in [5.74, 6) is 0. The van der Waals surface area contributed by atoms with Crippen LogP contribution in [-0.4, -0.2) is 18.3 Å². The van der Waals surface area contributed by atoms with Crippen molar-refractivity contribution in [3.8, 4) is 34.9 Å². The van der Waals surface area contributed by atoms with Gasteiger partial charge in [0.15, 0.2) is 0 Å². The van der Waals surface area contributed by atoms with Gasteiger partial charge in [-0.25, -0.2) is 0 Å². The topological polar surface area (TPSA) is 67.3 Å². The number of hydrogen-bond donors (Lipinski definition) is 0. The van der Waals surface area contributed by atoms with Gasteiger partial charge in [-0.1, -0.05) is 115 Å². The normalized spacial score (nSPS) is 11.9. The summed E-state index contributed by atoms with van der Waals surface area (Å²) in [6.07, 6.45) is 0. The van der Waals surface area contributed by atoms with Gasteiger partial charge in [0, 0.05) is 54.5 Å². The molecule has 0 radical (unpaired) electrons. The Balaban J connectivity index is 1.17. The van der Waals surface area contributed by atoms with Crippen molar-refractivity contribution in [3.05, 3.63) is 205 Å². The monoisotopic (exact) mass is 802 g/mol. The van der Waals surface area contributed by atoms with Gasteiger partial charge >= 0.3 is 0 Å². The molecule has 4 aromatic heterocycles. The number of para-hydroxylation sites is 5. The third-order valence-electron chi connectivity index (χ3n) is 13.0. The second-order valence-corrected chi connectivity index (χ2v) is 16.4.